The van der Waals surface area contributed by atoms with Crippen molar-refractivity contribution in [1.29, 1.82) is 0 Å². The summed E-state index contributed by atoms with van der Waals surface area (Å²) in [5.74, 6) is 0.763. The number of aromatic nitrogens is 1. The molecule has 1 aliphatic rings. The molecule has 0 bridgehead atoms. The van der Waals surface area contributed by atoms with Gasteiger partial charge in [-0.1, -0.05) is 6.08 Å². The van der Waals surface area contributed by atoms with Crippen molar-refractivity contribution in [2.24, 2.45) is 0 Å². The van der Waals surface area contributed by atoms with Crippen molar-refractivity contribution in [2.75, 3.05) is 0 Å². The average Bonchev–Trinajstić information content (AvgIpc) is 2.27. The van der Waals surface area contributed by atoms with Crippen LogP contribution in [-0.2, 0) is 0 Å². The molecule has 0 saturated heterocycles. The van der Waals surface area contributed by atoms with Crippen molar-refractivity contribution in [2.45, 2.75) is 19.8 Å². The molecule has 0 spiro atoms. The zero-order valence-electron chi connectivity index (χ0n) is 5.92. The van der Waals surface area contributed by atoms with Crippen molar-refractivity contribution in [3.05, 3.63) is 16.7 Å². The number of rotatable bonds is 0. The average molecular weight is 135 g/mol. The van der Waals surface area contributed by atoms with E-state index in [9.17, 15) is 0 Å². The minimum absolute atomic E-state index is 0.763. The van der Waals surface area contributed by atoms with E-state index in [1.54, 1.807) is 0 Å². The summed E-state index contributed by atoms with van der Waals surface area (Å²) in [5, 5.41) is 1.02. The van der Waals surface area contributed by atoms with Crippen LogP contribution in [0.3, 0.4) is 0 Å². The lowest BCUT2D eigenvalue weighted by atomic mass is 10.2. The molecule has 0 unspecified atom stereocenters. The maximum atomic E-state index is 5.31. The van der Waals surface area contributed by atoms with Gasteiger partial charge in [0.15, 0.2) is 11.3 Å². The standard InChI is InChI=1S/C8H9NO/c1-6-9-7-4-2-3-5-8(7)10-6/h4-5H,2-3H2,1H3. The minimum atomic E-state index is 0.763. The summed E-state index contributed by atoms with van der Waals surface area (Å²) in [6.07, 6.45) is 6.39. The maximum absolute atomic E-state index is 5.31. The van der Waals surface area contributed by atoms with E-state index in [4.69, 9.17) is 4.42 Å². The first-order valence-corrected chi connectivity index (χ1v) is 3.50. The van der Waals surface area contributed by atoms with Gasteiger partial charge in [0.2, 0.25) is 0 Å². The van der Waals surface area contributed by atoms with E-state index >= 15 is 0 Å². The Morgan fingerprint density at radius 1 is 1.40 bits per heavy atom. The fourth-order valence-electron chi connectivity index (χ4n) is 1.19. The maximum Gasteiger partial charge on any atom is 0.192 e. The smallest absolute Gasteiger partial charge is 0.192 e. The summed E-state index contributed by atoms with van der Waals surface area (Å²) < 4.78 is 5.31. The molecule has 2 heteroatoms. The number of oxazole rings is 1. The second-order valence-electron chi connectivity index (χ2n) is 2.47. The Hall–Kier alpha value is -1.05. The molecular weight excluding hydrogens is 126 g/mol. The van der Waals surface area contributed by atoms with Crippen LogP contribution >= 0.6 is 0 Å². The second-order valence-corrected chi connectivity index (χ2v) is 2.47. The first-order valence-electron chi connectivity index (χ1n) is 3.50. The van der Waals surface area contributed by atoms with Crippen LogP contribution in [0.15, 0.2) is 4.42 Å². The molecule has 52 valence electrons. The van der Waals surface area contributed by atoms with Gasteiger partial charge in [0.05, 0.1) is 0 Å². The SMILES string of the molecule is Cc1nc2c(o1)=CCCC=2. The first-order chi connectivity index (χ1) is 4.86. The molecular formula is C8H9NO. The van der Waals surface area contributed by atoms with Gasteiger partial charge in [0, 0.05) is 6.92 Å². The first kappa shape index (κ1) is 5.71. The van der Waals surface area contributed by atoms with Crippen LogP contribution in [0.4, 0.5) is 0 Å². The third-order valence-electron chi connectivity index (χ3n) is 1.62. The highest BCUT2D eigenvalue weighted by Crippen LogP contribution is 1.94. The molecule has 10 heavy (non-hydrogen) atoms. The highest BCUT2D eigenvalue weighted by atomic mass is 16.3. The van der Waals surface area contributed by atoms with Crippen molar-refractivity contribution in [1.82, 2.24) is 4.98 Å². The summed E-state index contributed by atoms with van der Waals surface area (Å²) in [4.78, 5) is 4.20. The Morgan fingerprint density at radius 2 is 2.20 bits per heavy atom. The lowest BCUT2D eigenvalue weighted by Gasteiger charge is -1.88. The predicted molar refractivity (Wildman–Crippen MR) is 38.7 cm³/mol. The minimum Gasteiger partial charge on any atom is -0.441 e. The van der Waals surface area contributed by atoms with Crippen molar-refractivity contribution in [3.8, 4) is 0 Å². The Bertz CT molecular complexity index is 314. The molecule has 1 aromatic rings. The van der Waals surface area contributed by atoms with Crippen LogP contribution in [0.1, 0.15) is 18.7 Å². The zero-order chi connectivity index (χ0) is 6.97. The molecule has 0 atom stereocenters. The van der Waals surface area contributed by atoms with Gasteiger partial charge in [0.25, 0.3) is 0 Å². The van der Waals surface area contributed by atoms with Gasteiger partial charge < -0.3 is 4.42 Å². The fraction of sp³-hybridized carbons (Fsp3) is 0.375. The van der Waals surface area contributed by atoms with Gasteiger partial charge in [-0.05, 0) is 18.9 Å². The quantitative estimate of drug-likeness (QED) is 0.512. The molecule has 1 heterocycles. The van der Waals surface area contributed by atoms with Crippen molar-refractivity contribution in [3.63, 3.8) is 0 Å². The second kappa shape index (κ2) is 1.97. The van der Waals surface area contributed by atoms with Crippen LogP contribution < -0.4 is 10.8 Å². The van der Waals surface area contributed by atoms with Gasteiger partial charge in [-0.25, -0.2) is 4.98 Å². The summed E-state index contributed by atoms with van der Waals surface area (Å²) >= 11 is 0. The van der Waals surface area contributed by atoms with E-state index in [1.165, 1.54) is 0 Å². The Balaban J connectivity index is 2.83. The summed E-state index contributed by atoms with van der Waals surface area (Å²) in [7, 11) is 0. The van der Waals surface area contributed by atoms with Crippen LogP contribution in [0, 0.1) is 6.92 Å². The molecule has 0 aromatic carbocycles. The summed E-state index contributed by atoms with van der Waals surface area (Å²) in [5.41, 5.74) is 0.948. The lowest BCUT2D eigenvalue weighted by molar-refractivity contribution is 0.490. The van der Waals surface area contributed by atoms with E-state index in [1.807, 2.05) is 6.92 Å². The van der Waals surface area contributed by atoms with E-state index < -0.39 is 0 Å². The van der Waals surface area contributed by atoms with E-state index in [-0.39, 0.29) is 0 Å². The van der Waals surface area contributed by atoms with Crippen LogP contribution in [-0.4, -0.2) is 4.98 Å². The monoisotopic (exact) mass is 135 g/mol. The lowest BCUT2D eigenvalue weighted by Crippen LogP contribution is -2.23. The van der Waals surface area contributed by atoms with E-state index in [0.717, 1.165) is 29.5 Å². The molecule has 0 saturated carbocycles. The zero-order valence-corrected chi connectivity index (χ0v) is 5.92. The third-order valence-corrected chi connectivity index (χ3v) is 1.62. The van der Waals surface area contributed by atoms with Gasteiger partial charge in [-0.2, -0.15) is 0 Å². The van der Waals surface area contributed by atoms with E-state index in [0.29, 0.717) is 0 Å². The Labute approximate surface area is 58.9 Å². The summed E-state index contributed by atoms with van der Waals surface area (Å²) in [6, 6.07) is 0. The fourth-order valence-corrected chi connectivity index (χ4v) is 1.19. The third kappa shape index (κ3) is 0.764. The van der Waals surface area contributed by atoms with Gasteiger partial charge in [-0.15, -0.1) is 0 Å². The van der Waals surface area contributed by atoms with Crippen molar-refractivity contribution < 1.29 is 4.42 Å². The number of fused-ring (bicyclic) bond motifs is 1. The Kier molecular flexibility index (Phi) is 1.13. The van der Waals surface area contributed by atoms with Gasteiger partial charge in [0.1, 0.15) is 5.35 Å². The highest BCUT2D eigenvalue weighted by Gasteiger charge is 1.98. The molecule has 0 amide bonds. The normalized spacial score (nSPS) is 15.3. The predicted octanol–water partition coefficient (Wildman–Crippen LogP) is 0.338. The number of aryl methyl sites for hydroxylation is 1. The molecule has 2 nitrogen and oxygen atoms in total. The van der Waals surface area contributed by atoms with Gasteiger partial charge >= 0.3 is 0 Å². The molecule has 1 aliphatic carbocycles. The molecule has 0 N–H and O–H groups in total. The van der Waals surface area contributed by atoms with Crippen LogP contribution in [0.25, 0.3) is 12.2 Å². The molecule has 0 fully saturated rings. The number of hydrogen-bond acceptors (Lipinski definition) is 2. The topological polar surface area (TPSA) is 26.0 Å². The van der Waals surface area contributed by atoms with E-state index in [2.05, 4.69) is 17.1 Å². The number of nitrogens with zero attached hydrogens (tertiary/aromatic N) is 1. The van der Waals surface area contributed by atoms with Gasteiger partial charge in [-0.3, -0.25) is 0 Å². The van der Waals surface area contributed by atoms with Crippen LogP contribution in [0.5, 0.6) is 0 Å². The molecule has 0 radical (unpaired) electrons. The Morgan fingerprint density at radius 3 is 3.00 bits per heavy atom. The largest absolute Gasteiger partial charge is 0.441 e. The highest BCUT2D eigenvalue weighted by molar-refractivity contribution is 5.31. The molecule has 2 rings (SSSR count). The summed E-state index contributed by atoms with van der Waals surface area (Å²) in [6.45, 7) is 1.88. The number of hydrogen-bond donors (Lipinski definition) is 0. The van der Waals surface area contributed by atoms with Crippen LogP contribution in [0.2, 0.25) is 0 Å². The molecule has 0 aliphatic heterocycles. The van der Waals surface area contributed by atoms with Crippen molar-refractivity contribution >= 4 is 12.2 Å². The molecule has 1 aromatic heterocycles.